The van der Waals surface area contributed by atoms with Crippen LogP contribution in [0.25, 0.3) is 11.1 Å². The van der Waals surface area contributed by atoms with E-state index in [1.54, 1.807) is 7.11 Å². The molecule has 0 aliphatic carbocycles. The molecular formula is C38H44N2O5. The van der Waals surface area contributed by atoms with Crippen molar-refractivity contribution in [1.29, 1.82) is 0 Å². The largest absolute Gasteiger partial charge is 0.497 e. The predicted octanol–water partition coefficient (Wildman–Crippen LogP) is 5.10. The molecule has 45 heavy (non-hydrogen) atoms. The van der Waals surface area contributed by atoms with Crippen LogP contribution in [-0.4, -0.2) is 78.7 Å². The number of nitrogens with zero attached hydrogens (tertiary/aromatic N) is 2. The highest BCUT2D eigenvalue weighted by atomic mass is 16.5. The van der Waals surface area contributed by atoms with Crippen molar-refractivity contribution in [1.82, 2.24) is 9.80 Å². The molecular weight excluding hydrogens is 564 g/mol. The first-order valence-electron chi connectivity index (χ1n) is 16.0. The summed E-state index contributed by atoms with van der Waals surface area (Å²) in [5.74, 6) is 1.43. The molecule has 0 saturated heterocycles. The molecule has 6 rings (SSSR count). The molecule has 2 N–H and O–H groups in total. The second kappa shape index (κ2) is 15.0. The van der Waals surface area contributed by atoms with Gasteiger partial charge in [-0.2, -0.15) is 0 Å². The van der Waals surface area contributed by atoms with Gasteiger partial charge in [-0.05, 0) is 70.0 Å². The van der Waals surface area contributed by atoms with Crippen LogP contribution in [0, 0.1) is 0 Å². The normalized spacial score (nSPS) is 16.4. The third-order valence-corrected chi connectivity index (χ3v) is 8.80. The Morgan fingerprint density at radius 1 is 0.644 bits per heavy atom. The highest BCUT2D eigenvalue weighted by Crippen LogP contribution is 2.27. The summed E-state index contributed by atoms with van der Waals surface area (Å²) in [4.78, 5) is 4.61. The first kappa shape index (κ1) is 31.3. The highest BCUT2D eigenvalue weighted by Gasteiger charge is 2.21. The standard InChI is InChI=1S/C38H44N2O5/c1-43-37-7-4-8-38(20-37)45-27-36(42)24-40-18-16-31-13-14-32(19-34(31)22-40)30-11-9-28(10-12-30)25-44-26-35(41)23-39-17-15-29-5-2-3-6-33(29)21-39/h2-14,19-20,35-36,41-42H,15-18,21-27H2,1H3. The van der Waals surface area contributed by atoms with E-state index in [9.17, 15) is 10.2 Å². The number of aliphatic hydroxyl groups is 2. The number of rotatable bonds is 13. The van der Waals surface area contributed by atoms with E-state index in [0.29, 0.717) is 32.1 Å². The number of β-amino-alcohol motifs (C(OH)–C–C–N with tert-alkyl or cyclic N) is 2. The van der Waals surface area contributed by atoms with Gasteiger partial charge in [-0.1, -0.05) is 66.7 Å². The third kappa shape index (κ3) is 8.51. The molecule has 0 saturated carbocycles. The van der Waals surface area contributed by atoms with Crippen molar-refractivity contribution in [3.63, 3.8) is 0 Å². The molecule has 4 aromatic carbocycles. The second-order valence-electron chi connectivity index (χ2n) is 12.2. The molecule has 2 aliphatic rings. The minimum absolute atomic E-state index is 0.235. The topological polar surface area (TPSA) is 74.6 Å². The van der Waals surface area contributed by atoms with Crippen LogP contribution in [0.2, 0.25) is 0 Å². The number of methoxy groups -OCH3 is 1. The van der Waals surface area contributed by atoms with Gasteiger partial charge in [0, 0.05) is 45.3 Å². The number of fused-ring (bicyclic) bond motifs is 2. The Kier molecular flexibility index (Phi) is 10.5. The molecule has 2 atom stereocenters. The van der Waals surface area contributed by atoms with E-state index in [1.807, 2.05) is 24.3 Å². The average Bonchev–Trinajstić information content (AvgIpc) is 3.07. The lowest BCUT2D eigenvalue weighted by Crippen LogP contribution is -2.38. The lowest BCUT2D eigenvalue weighted by molar-refractivity contribution is 0.00775. The number of benzene rings is 4. The van der Waals surface area contributed by atoms with Gasteiger partial charge >= 0.3 is 0 Å². The van der Waals surface area contributed by atoms with Crippen molar-refractivity contribution in [3.05, 3.63) is 119 Å². The van der Waals surface area contributed by atoms with Crippen LogP contribution in [0.5, 0.6) is 11.5 Å². The highest BCUT2D eigenvalue weighted by molar-refractivity contribution is 5.65. The van der Waals surface area contributed by atoms with Crippen LogP contribution in [0.4, 0.5) is 0 Å². The monoisotopic (exact) mass is 608 g/mol. The smallest absolute Gasteiger partial charge is 0.123 e. The van der Waals surface area contributed by atoms with Gasteiger partial charge in [-0.15, -0.1) is 0 Å². The van der Waals surface area contributed by atoms with Gasteiger partial charge in [0.25, 0.3) is 0 Å². The molecule has 2 unspecified atom stereocenters. The number of hydrogen-bond donors (Lipinski definition) is 2. The van der Waals surface area contributed by atoms with E-state index < -0.39 is 12.2 Å². The fourth-order valence-electron chi connectivity index (χ4n) is 6.35. The molecule has 236 valence electrons. The lowest BCUT2D eigenvalue weighted by atomic mass is 9.94. The summed E-state index contributed by atoms with van der Waals surface area (Å²) in [5.41, 5.74) is 8.89. The fourth-order valence-corrected chi connectivity index (χ4v) is 6.35. The molecule has 0 radical (unpaired) electrons. The van der Waals surface area contributed by atoms with Gasteiger partial charge in [-0.3, -0.25) is 9.80 Å². The number of ether oxygens (including phenoxy) is 3. The van der Waals surface area contributed by atoms with Crippen LogP contribution in [0.15, 0.2) is 91.0 Å². The quantitative estimate of drug-likeness (QED) is 0.219. The first-order valence-corrected chi connectivity index (χ1v) is 16.0. The summed E-state index contributed by atoms with van der Waals surface area (Å²) in [7, 11) is 1.63. The van der Waals surface area contributed by atoms with Gasteiger partial charge in [-0.25, -0.2) is 0 Å². The summed E-state index contributed by atoms with van der Waals surface area (Å²) in [6.45, 7) is 5.79. The maximum Gasteiger partial charge on any atom is 0.123 e. The molecule has 7 nitrogen and oxygen atoms in total. The molecule has 2 aliphatic heterocycles. The third-order valence-electron chi connectivity index (χ3n) is 8.80. The van der Waals surface area contributed by atoms with Gasteiger partial charge in [0.05, 0.1) is 26.4 Å². The Balaban J connectivity index is 0.954. The molecule has 0 fully saturated rings. The van der Waals surface area contributed by atoms with Gasteiger partial charge in [0.2, 0.25) is 0 Å². The Bertz CT molecular complexity index is 1540. The van der Waals surface area contributed by atoms with Crippen LogP contribution in [0.3, 0.4) is 0 Å². The Labute approximate surface area is 266 Å². The van der Waals surface area contributed by atoms with E-state index in [-0.39, 0.29) is 6.61 Å². The van der Waals surface area contributed by atoms with Crippen molar-refractivity contribution in [3.8, 4) is 22.6 Å². The summed E-state index contributed by atoms with van der Waals surface area (Å²) < 4.78 is 16.9. The minimum Gasteiger partial charge on any atom is -0.497 e. The molecule has 2 heterocycles. The lowest BCUT2D eigenvalue weighted by Gasteiger charge is -2.30. The Morgan fingerprint density at radius 2 is 1.29 bits per heavy atom. The summed E-state index contributed by atoms with van der Waals surface area (Å²) in [6, 6.07) is 31.2. The maximum atomic E-state index is 10.7. The summed E-state index contributed by atoms with van der Waals surface area (Å²) in [6.07, 6.45) is 0.903. The Morgan fingerprint density at radius 3 is 2.04 bits per heavy atom. The molecule has 0 aromatic heterocycles. The van der Waals surface area contributed by atoms with E-state index in [2.05, 4.69) is 76.5 Å². The zero-order valence-corrected chi connectivity index (χ0v) is 26.1. The molecule has 0 amide bonds. The van der Waals surface area contributed by atoms with E-state index >= 15 is 0 Å². The van der Waals surface area contributed by atoms with Crippen LogP contribution < -0.4 is 9.47 Å². The fraction of sp³-hybridized carbons (Fsp3) is 0.368. The zero-order valence-electron chi connectivity index (χ0n) is 26.1. The molecule has 4 aromatic rings. The van der Waals surface area contributed by atoms with Gasteiger partial charge in [0.15, 0.2) is 0 Å². The van der Waals surface area contributed by atoms with Gasteiger partial charge in [0.1, 0.15) is 24.2 Å². The van der Waals surface area contributed by atoms with E-state index in [4.69, 9.17) is 14.2 Å². The number of aliphatic hydroxyl groups excluding tert-OH is 2. The zero-order chi connectivity index (χ0) is 31.0. The maximum absolute atomic E-state index is 10.7. The minimum atomic E-state index is -0.584. The summed E-state index contributed by atoms with van der Waals surface area (Å²) >= 11 is 0. The van der Waals surface area contributed by atoms with Gasteiger partial charge < -0.3 is 24.4 Å². The van der Waals surface area contributed by atoms with Crippen molar-refractivity contribution in [2.45, 2.75) is 44.7 Å². The van der Waals surface area contributed by atoms with Crippen LogP contribution in [0.1, 0.15) is 27.8 Å². The SMILES string of the molecule is COc1cccc(OCC(O)CN2CCc3ccc(-c4ccc(COCC(O)CN5CCc6ccccc6C5)cc4)cc3C2)c1. The van der Waals surface area contributed by atoms with Crippen molar-refractivity contribution in [2.75, 3.05) is 46.5 Å². The summed E-state index contributed by atoms with van der Waals surface area (Å²) in [5, 5.41) is 21.3. The van der Waals surface area contributed by atoms with Crippen molar-refractivity contribution in [2.24, 2.45) is 0 Å². The predicted molar refractivity (Wildman–Crippen MR) is 176 cm³/mol. The molecule has 0 spiro atoms. The van der Waals surface area contributed by atoms with Crippen LogP contribution >= 0.6 is 0 Å². The van der Waals surface area contributed by atoms with E-state index in [1.165, 1.54) is 27.8 Å². The molecule has 7 heteroatoms. The first-order chi connectivity index (χ1) is 22.0. The molecule has 0 bridgehead atoms. The van der Waals surface area contributed by atoms with Crippen molar-refractivity contribution < 1.29 is 24.4 Å². The van der Waals surface area contributed by atoms with Crippen molar-refractivity contribution >= 4 is 0 Å². The van der Waals surface area contributed by atoms with Crippen LogP contribution in [-0.2, 0) is 37.3 Å². The number of hydrogen-bond acceptors (Lipinski definition) is 7. The van der Waals surface area contributed by atoms with E-state index in [0.717, 1.165) is 55.9 Å². The average molecular weight is 609 g/mol. The Hall–Kier alpha value is -3.72. The second-order valence-corrected chi connectivity index (χ2v) is 12.2.